The van der Waals surface area contributed by atoms with Gasteiger partial charge < -0.3 is 14.6 Å². The number of nitrogens with zero attached hydrogens (tertiary/aromatic N) is 1. The summed E-state index contributed by atoms with van der Waals surface area (Å²) in [6, 6.07) is 6.57. The molecule has 1 aromatic heterocycles. The van der Waals surface area contributed by atoms with Crippen LogP contribution in [0.3, 0.4) is 0 Å². The number of benzene rings is 1. The quantitative estimate of drug-likeness (QED) is 0.883. The number of hydrogen-bond donors (Lipinski definition) is 1. The van der Waals surface area contributed by atoms with Crippen molar-refractivity contribution in [2.45, 2.75) is 6.04 Å². The first-order chi connectivity index (χ1) is 8.10. The molecule has 4 heteroatoms. The second-order valence-corrected chi connectivity index (χ2v) is 4.43. The van der Waals surface area contributed by atoms with E-state index in [2.05, 4.69) is 10.2 Å². The van der Waals surface area contributed by atoms with E-state index in [1.807, 2.05) is 27.2 Å². The van der Waals surface area contributed by atoms with Crippen LogP contribution < -0.4 is 5.32 Å². The Labute approximate surface area is 100 Å². The van der Waals surface area contributed by atoms with Gasteiger partial charge in [-0.05, 0) is 45.4 Å². The van der Waals surface area contributed by atoms with Crippen LogP contribution in [0.4, 0.5) is 4.39 Å². The summed E-state index contributed by atoms with van der Waals surface area (Å²) in [5, 5.41) is 4.00. The molecule has 0 amide bonds. The fourth-order valence-corrected chi connectivity index (χ4v) is 1.90. The summed E-state index contributed by atoms with van der Waals surface area (Å²) in [6.07, 6.45) is 0. The van der Waals surface area contributed by atoms with Crippen molar-refractivity contribution in [2.75, 3.05) is 27.7 Å². The van der Waals surface area contributed by atoms with Gasteiger partial charge in [0.25, 0.3) is 0 Å². The lowest BCUT2D eigenvalue weighted by atomic mass is 10.2. The maximum Gasteiger partial charge on any atom is 0.134 e. The van der Waals surface area contributed by atoms with E-state index < -0.39 is 0 Å². The lowest BCUT2D eigenvalue weighted by Crippen LogP contribution is -2.28. The molecular weight excluding hydrogens is 219 g/mol. The van der Waals surface area contributed by atoms with Crippen LogP contribution in [0.1, 0.15) is 11.8 Å². The van der Waals surface area contributed by atoms with E-state index in [-0.39, 0.29) is 11.9 Å². The normalized spacial score (nSPS) is 13.5. The maximum absolute atomic E-state index is 13.1. The third kappa shape index (κ3) is 2.65. The van der Waals surface area contributed by atoms with Crippen molar-refractivity contribution < 1.29 is 8.81 Å². The lowest BCUT2D eigenvalue weighted by Gasteiger charge is -2.18. The second kappa shape index (κ2) is 4.85. The van der Waals surface area contributed by atoms with Crippen molar-refractivity contribution in [1.82, 2.24) is 10.2 Å². The average Bonchev–Trinajstić information content (AvgIpc) is 2.68. The Kier molecular flexibility index (Phi) is 3.45. The van der Waals surface area contributed by atoms with Gasteiger partial charge in [0.2, 0.25) is 0 Å². The molecule has 0 aliphatic rings. The molecule has 1 N–H and O–H groups in total. The fourth-order valence-electron chi connectivity index (χ4n) is 1.90. The molecule has 17 heavy (non-hydrogen) atoms. The molecule has 1 heterocycles. The summed E-state index contributed by atoms with van der Waals surface area (Å²) in [5.74, 6) is 0.597. The summed E-state index contributed by atoms with van der Waals surface area (Å²) in [6.45, 7) is 0.832. The van der Waals surface area contributed by atoms with Crippen LogP contribution in [-0.2, 0) is 0 Å². The van der Waals surface area contributed by atoms with Gasteiger partial charge in [-0.3, -0.25) is 0 Å². The number of halogens is 1. The Bertz CT molecular complexity index is 507. The molecule has 0 fully saturated rings. The minimum Gasteiger partial charge on any atom is -0.459 e. The van der Waals surface area contributed by atoms with Gasteiger partial charge in [-0.2, -0.15) is 0 Å². The maximum atomic E-state index is 13.1. The van der Waals surface area contributed by atoms with Gasteiger partial charge in [0.05, 0.1) is 6.04 Å². The van der Waals surface area contributed by atoms with Crippen LogP contribution in [0.25, 0.3) is 11.0 Å². The van der Waals surface area contributed by atoms with Crippen LogP contribution in [0.5, 0.6) is 0 Å². The van der Waals surface area contributed by atoms with Crippen LogP contribution in [0.15, 0.2) is 28.7 Å². The summed E-state index contributed by atoms with van der Waals surface area (Å²) >= 11 is 0. The summed E-state index contributed by atoms with van der Waals surface area (Å²) in [4.78, 5) is 2.08. The Morgan fingerprint density at radius 3 is 2.76 bits per heavy atom. The highest BCUT2D eigenvalue weighted by Crippen LogP contribution is 2.24. The molecule has 0 spiro atoms. The number of fused-ring (bicyclic) bond motifs is 1. The van der Waals surface area contributed by atoms with Gasteiger partial charge in [0.15, 0.2) is 0 Å². The highest BCUT2D eigenvalue weighted by atomic mass is 19.1. The van der Waals surface area contributed by atoms with E-state index in [9.17, 15) is 4.39 Å². The van der Waals surface area contributed by atoms with Crippen molar-refractivity contribution in [3.05, 3.63) is 35.8 Å². The van der Waals surface area contributed by atoms with E-state index >= 15 is 0 Å². The highest BCUT2D eigenvalue weighted by molar-refractivity contribution is 5.78. The van der Waals surface area contributed by atoms with E-state index in [1.165, 1.54) is 12.1 Å². The van der Waals surface area contributed by atoms with Gasteiger partial charge in [-0.25, -0.2) is 4.39 Å². The Morgan fingerprint density at radius 2 is 2.12 bits per heavy atom. The third-order valence-corrected chi connectivity index (χ3v) is 2.74. The number of furan rings is 1. The molecule has 3 nitrogen and oxygen atoms in total. The average molecular weight is 236 g/mol. The molecule has 1 atom stereocenters. The van der Waals surface area contributed by atoms with Crippen molar-refractivity contribution >= 4 is 11.0 Å². The largest absolute Gasteiger partial charge is 0.459 e. The van der Waals surface area contributed by atoms with Gasteiger partial charge >= 0.3 is 0 Å². The summed E-state index contributed by atoms with van der Waals surface area (Å²) in [5.41, 5.74) is 0.723. The van der Waals surface area contributed by atoms with Crippen LogP contribution >= 0.6 is 0 Å². The molecule has 0 aliphatic carbocycles. The van der Waals surface area contributed by atoms with Gasteiger partial charge in [-0.15, -0.1) is 0 Å². The Morgan fingerprint density at radius 1 is 1.35 bits per heavy atom. The predicted molar refractivity (Wildman–Crippen MR) is 66.5 cm³/mol. The molecule has 92 valence electrons. The van der Waals surface area contributed by atoms with Crippen molar-refractivity contribution in [2.24, 2.45) is 0 Å². The van der Waals surface area contributed by atoms with E-state index in [1.54, 1.807) is 6.07 Å². The topological polar surface area (TPSA) is 28.4 Å². The first-order valence-corrected chi connectivity index (χ1v) is 5.61. The second-order valence-electron chi connectivity index (χ2n) is 4.43. The van der Waals surface area contributed by atoms with Gasteiger partial charge in [-0.1, -0.05) is 0 Å². The van der Waals surface area contributed by atoms with Crippen molar-refractivity contribution in [1.29, 1.82) is 0 Å². The fraction of sp³-hybridized carbons (Fsp3) is 0.385. The van der Waals surface area contributed by atoms with Crippen LogP contribution in [-0.4, -0.2) is 32.6 Å². The minimum absolute atomic E-state index is 0.112. The first kappa shape index (κ1) is 12.1. The van der Waals surface area contributed by atoms with Crippen LogP contribution in [0.2, 0.25) is 0 Å². The first-order valence-electron chi connectivity index (χ1n) is 5.61. The van der Waals surface area contributed by atoms with E-state index in [4.69, 9.17) is 4.42 Å². The molecule has 0 bridgehead atoms. The molecular formula is C13H17FN2O. The lowest BCUT2D eigenvalue weighted by molar-refractivity contribution is 0.324. The summed E-state index contributed by atoms with van der Waals surface area (Å²) < 4.78 is 18.8. The number of nitrogens with one attached hydrogen (secondary N) is 1. The molecule has 0 radical (unpaired) electrons. The smallest absolute Gasteiger partial charge is 0.134 e. The molecule has 1 unspecified atom stereocenters. The Hall–Kier alpha value is -1.39. The van der Waals surface area contributed by atoms with Gasteiger partial charge in [0.1, 0.15) is 17.2 Å². The van der Waals surface area contributed by atoms with Crippen molar-refractivity contribution in [3.8, 4) is 0 Å². The molecule has 0 saturated carbocycles. The zero-order valence-electron chi connectivity index (χ0n) is 10.3. The van der Waals surface area contributed by atoms with Crippen molar-refractivity contribution in [3.63, 3.8) is 0 Å². The van der Waals surface area contributed by atoms with Crippen LogP contribution in [0, 0.1) is 5.82 Å². The predicted octanol–water partition coefficient (Wildman–Crippen LogP) is 2.39. The zero-order chi connectivity index (χ0) is 12.4. The van der Waals surface area contributed by atoms with Gasteiger partial charge in [0, 0.05) is 11.9 Å². The SMILES string of the molecule is CNC(CN(C)C)c1cc2cc(F)ccc2o1. The monoisotopic (exact) mass is 236 g/mol. The van der Waals surface area contributed by atoms with E-state index in [0.29, 0.717) is 0 Å². The molecule has 2 aromatic rings. The highest BCUT2D eigenvalue weighted by Gasteiger charge is 2.15. The third-order valence-electron chi connectivity index (χ3n) is 2.74. The minimum atomic E-state index is -0.238. The zero-order valence-corrected chi connectivity index (χ0v) is 10.3. The summed E-state index contributed by atoms with van der Waals surface area (Å²) in [7, 11) is 5.90. The van der Waals surface area contributed by atoms with E-state index in [0.717, 1.165) is 23.3 Å². The molecule has 0 saturated heterocycles. The molecule has 0 aliphatic heterocycles. The number of rotatable bonds is 4. The standard InChI is InChI=1S/C13H17FN2O/c1-15-11(8-16(2)3)13-7-9-6-10(14)4-5-12(9)17-13/h4-7,11,15H,8H2,1-3H3. The molecule has 1 aromatic carbocycles. The Balaban J connectivity index is 2.34. The molecule has 2 rings (SSSR count). The number of hydrogen-bond acceptors (Lipinski definition) is 3. The number of likely N-dealkylation sites (N-methyl/N-ethyl adjacent to an activating group) is 2.